The Morgan fingerprint density at radius 3 is 2.04 bits per heavy atom. The summed E-state index contributed by atoms with van der Waals surface area (Å²) in [5.74, 6) is 1.77. The van der Waals surface area contributed by atoms with E-state index in [0.717, 1.165) is 57.3 Å². The molecule has 0 aliphatic carbocycles. The number of hydrogen-bond acceptors (Lipinski definition) is 4. The van der Waals surface area contributed by atoms with Crippen molar-refractivity contribution in [2.45, 2.75) is 6.42 Å². The largest absolute Gasteiger partial charge is 0.497 e. The van der Waals surface area contributed by atoms with Crippen LogP contribution in [-0.4, -0.2) is 51.3 Å². The molecule has 0 radical (unpaired) electrons. The summed E-state index contributed by atoms with van der Waals surface area (Å²) in [5, 5.41) is 0. The van der Waals surface area contributed by atoms with Crippen LogP contribution >= 0.6 is 24.8 Å². The van der Waals surface area contributed by atoms with Gasteiger partial charge in [0.15, 0.2) is 0 Å². The van der Waals surface area contributed by atoms with E-state index >= 15 is 0 Å². The van der Waals surface area contributed by atoms with Gasteiger partial charge in [-0.05, 0) is 42.8 Å². The molecule has 3 rings (SSSR count). The number of rotatable bonds is 7. The van der Waals surface area contributed by atoms with Crippen LogP contribution in [0, 0.1) is 0 Å². The fourth-order valence-electron chi connectivity index (χ4n) is 3.02. The van der Waals surface area contributed by atoms with E-state index in [0.29, 0.717) is 0 Å². The summed E-state index contributed by atoms with van der Waals surface area (Å²) in [5.41, 5.74) is 1.33. The lowest BCUT2D eigenvalue weighted by molar-refractivity contribution is 0.224. The first-order chi connectivity index (χ1) is 11.8. The molecule has 0 amide bonds. The van der Waals surface area contributed by atoms with Crippen LogP contribution in [0.5, 0.6) is 11.5 Å². The summed E-state index contributed by atoms with van der Waals surface area (Å²) >= 11 is 0. The molecule has 1 aliphatic heterocycles. The second-order valence-electron chi connectivity index (χ2n) is 6.04. The fraction of sp³-hybridized carbons (Fsp3) is 0.400. The SMILES string of the molecule is COc1ccc(OCCCN2CCN(c3ccccc3)CC2)cc1.Cl.Cl. The number of benzene rings is 2. The smallest absolute Gasteiger partial charge is 0.119 e. The first-order valence-corrected chi connectivity index (χ1v) is 8.64. The molecule has 2 aromatic rings. The number of ether oxygens (including phenoxy) is 2. The van der Waals surface area contributed by atoms with E-state index in [1.54, 1.807) is 7.11 Å². The highest BCUT2D eigenvalue weighted by atomic mass is 35.5. The Labute approximate surface area is 168 Å². The van der Waals surface area contributed by atoms with Gasteiger partial charge in [-0.25, -0.2) is 0 Å². The van der Waals surface area contributed by atoms with Gasteiger partial charge < -0.3 is 14.4 Å². The number of piperazine rings is 1. The third-order valence-electron chi connectivity index (χ3n) is 4.44. The van der Waals surface area contributed by atoms with Crippen LogP contribution in [-0.2, 0) is 0 Å². The number of nitrogens with zero attached hydrogens (tertiary/aromatic N) is 2. The van der Waals surface area contributed by atoms with Crippen molar-refractivity contribution in [3.63, 3.8) is 0 Å². The zero-order chi connectivity index (χ0) is 16.6. The normalized spacial score (nSPS) is 14.1. The highest BCUT2D eigenvalue weighted by Gasteiger charge is 2.16. The number of methoxy groups -OCH3 is 1. The lowest BCUT2D eigenvalue weighted by Gasteiger charge is -2.36. The van der Waals surface area contributed by atoms with Gasteiger partial charge in [0.25, 0.3) is 0 Å². The summed E-state index contributed by atoms with van der Waals surface area (Å²) in [6.45, 7) is 6.30. The molecule has 0 saturated carbocycles. The molecule has 26 heavy (non-hydrogen) atoms. The minimum absolute atomic E-state index is 0. The van der Waals surface area contributed by atoms with Gasteiger partial charge in [0.1, 0.15) is 11.5 Å². The van der Waals surface area contributed by atoms with Crippen LogP contribution < -0.4 is 14.4 Å². The molecule has 1 aliphatic rings. The fourth-order valence-corrected chi connectivity index (χ4v) is 3.02. The van der Waals surface area contributed by atoms with Crippen molar-refractivity contribution in [3.05, 3.63) is 54.6 Å². The summed E-state index contributed by atoms with van der Waals surface area (Å²) in [6.07, 6.45) is 1.05. The lowest BCUT2D eigenvalue weighted by atomic mass is 10.2. The molecule has 1 heterocycles. The average molecular weight is 399 g/mol. The third kappa shape index (κ3) is 6.60. The molecule has 0 spiro atoms. The lowest BCUT2D eigenvalue weighted by Crippen LogP contribution is -2.46. The molecule has 0 aromatic heterocycles. The minimum Gasteiger partial charge on any atom is -0.497 e. The third-order valence-corrected chi connectivity index (χ3v) is 4.44. The number of halogens is 2. The van der Waals surface area contributed by atoms with Gasteiger partial charge in [0.2, 0.25) is 0 Å². The van der Waals surface area contributed by atoms with Gasteiger partial charge in [-0.3, -0.25) is 4.90 Å². The van der Waals surface area contributed by atoms with Gasteiger partial charge in [0, 0.05) is 38.4 Å². The monoisotopic (exact) mass is 398 g/mol. The number of anilines is 1. The van der Waals surface area contributed by atoms with Gasteiger partial charge in [0.05, 0.1) is 13.7 Å². The van der Waals surface area contributed by atoms with Crippen molar-refractivity contribution in [3.8, 4) is 11.5 Å². The molecule has 4 nitrogen and oxygen atoms in total. The Bertz CT molecular complexity index is 603. The van der Waals surface area contributed by atoms with E-state index in [1.165, 1.54) is 5.69 Å². The van der Waals surface area contributed by atoms with E-state index < -0.39 is 0 Å². The molecule has 0 atom stereocenters. The maximum Gasteiger partial charge on any atom is 0.119 e. The predicted molar refractivity (Wildman–Crippen MR) is 113 cm³/mol. The van der Waals surface area contributed by atoms with Crippen LogP contribution in [0.1, 0.15) is 6.42 Å². The van der Waals surface area contributed by atoms with Crippen LogP contribution in [0.3, 0.4) is 0 Å². The van der Waals surface area contributed by atoms with E-state index in [-0.39, 0.29) is 24.8 Å². The highest BCUT2D eigenvalue weighted by molar-refractivity contribution is 5.85. The summed E-state index contributed by atoms with van der Waals surface area (Å²) in [6, 6.07) is 18.4. The standard InChI is InChI=1S/C20H26N2O2.2ClH/c1-23-19-8-10-20(11-9-19)24-17-5-12-21-13-15-22(16-14-21)18-6-3-2-4-7-18;;/h2-4,6-11H,5,12-17H2,1H3;2*1H. The van der Waals surface area contributed by atoms with Crippen LogP contribution in [0.4, 0.5) is 5.69 Å². The predicted octanol–water partition coefficient (Wildman–Crippen LogP) is 4.13. The summed E-state index contributed by atoms with van der Waals surface area (Å²) in [7, 11) is 1.67. The van der Waals surface area contributed by atoms with E-state index in [4.69, 9.17) is 9.47 Å². The van der Waals surface area contributed by atoms with Crippen molar-refractivity contribution >= 4 is 30.5 Å². The van der Waals surface area contributed by atoms with E-state index in [1.807, 2.05) is 24.3 Å². The number of para-hydroxylation sites is 1. The van der Waals surface area contributed by atoms with Gasteiger partial charge in [-0.15, -0.1) is 24.8 Å². The van der Waals surface area contributed by atoms with Crippen LogP contribution in [0.25, 0.3) is 0 Å². The molecule has 144 valence electrons. The zero-order valence-corrected chi connectivity index (χ0v) is 16.8. The van der Waals surface area contributed by atoms with Crippen molar-refractivity contribution in [2.75, 3.05) is 51.3 Å². The Kier molecular flexibility index (Phi) is 10.3. The van der Waals surface area contributed by atoms with Gasteiger partial charge in [-0.1, -0.05) is 18.2 Å². The maximum absolute atomic E-state index is 5.79. The van der Waals surface area contributed by atoms with Gasteiger partial charge in [-0.2, -0.15) is 0 Å². The second kappa shape index (κ2) is 11.9. The van der Waals surface area contributed by atoms with Gasteiger partial charge >= 0.3 is 0 Å². The molecule has 1 saturated heterocycles. The molecule has 6 heteroatoms. The highest BCUT2D eigenvalue weighted by Crippen LogP contribution is 2.18. The van der Waals surface area contributed by atoms with Crippen molar-refractivity contribution in [1.82, 2.24) is 4.90 Å². The topological polar surface area (TPSA) is 24.9 Å². The number of hydrogen-bond donors (Lipinski definition) is 0. The van der Waals surface area contributed by atoms with Crippen LogP contribution in [0.2, 0.25) is 0 Å². The van der Waals surface area contributed by atoms with Crippen molar-refractivity contribution in [2.24, 2.45) is 0 Å². The Balaban J connectivity index is 0.00000169. The first-order valence-electron chi connectivity index (χ1n) is 8.64. The molecular weight excluding hydrogens is 371 g/mol. The van der Waals surface area contributed by atoms with Crippen molar-refractivity contribution < 1.29 is 9.47 Å². The van der Waals surface area contributed by atoms with E-state index in [2.05, 4.69) is 40.1 Å². The molecule has 0 N–H and O–H groups in total. The van der Waals surface area contributed by atoms with Crippen molar-refractivity contribution in [1.29, 1.82) is 0 Å². The van der Waals surface area contributed by atoms with E-state index in [9.17, 15) is 0 Å². The quantitative estimate of drug-likeness (QED) is 0.654. The molecule has 1 fully saturated rings. The Morgan fingerprint density at radius 1 is 0.808 bits per heavy atom. The molecular formula is C20H28Cl2N2O2. The maximum atomic E-state index is 5.79. The molecule has 0 bridgehead atoms. The second-order valence-corrected chi connectivity index (χ2v) is 6.04. The zero-order valence-electron chi connectivity index (χ0n) is 15.2. The Hall–Kier alpha value is -1.62. The molecule has 2 aromatic carbocycles. The summed E-state index contributed by atoms with van der Waals surface area (Å²) in [4.78, 5) is 4.99. The minimum atomic E-state index is 0. The Morgan fingerprint density at radius 2 is 1.42 bits per heavy atom. The molecule has 0 unspecified atom stereocenters. The average Bonchev–Trinajstić information content (AvgIpc) is 2.67. The van der Waals surface area contributed by atoms with Crippen LogP contribution in [0.15, 0.2) is 54.6 Å². The first kappa shape index (κ1) is 22.4. The summed E-state index contributed by atoms with van der Waals surface area (Å²) < 4.78 is 10.9.